The van der Waals surface area contributed by atoms with E-state index in [-0.39, 0.29) is 5.91 Å². The summed E-state index contributed by atoms with van der Waals surface area (Å²) in [6, 6.07) is 13.7. The third kappa shape index (κ3) is 4.44. The molecule has 1 amide bonds. The molecule has 7 nitrogen and oxygen atoms in total. The second kappa shape index (κ2) is 8.96. The van der Waals surface area contributed by atoms with Gasteiger partial charge in [-0.3, -0.25) is 4.79 Å². The summed E-state index contributed by atoms with van der Waals surface area (Å²) in [5, 5.41) is 9.99. The number of carbonyl (C=O) groups is 1. The predicted molar refractivity (Wildman–Crippen MR) is 114 cm³/mol. The highest BCUT2D eigenvalue weighted by atomic mass is 16.5. The molecule has 0 fully saturated rings. The fourth-order valence-electron chi connectivity index (χ4n) is 2.81. The molecule has 3 N–H and O–H groups in total. The van der Waals surface area contributed by atoms with Gasteiger partial charge in [0, 0.05) is 31.8 Å². The summed E-state index contributed by atoms with van der Waals surface area (Å²) in [6.07, 6.45) is 1.25. The molecule has 7 heteroatoms. The van der Waals surface area contributed by atoms with Gasteiger partial charge in [0.1, 0.15) is 5.82 Å². The maximum absolute atomic E-state index is 11.6. The number of hydrogen-bond acceptors (Lipinski definition) is 6. The molecule has 3 aromatic rings. The first kappa shape index (κ1) is 19.3. The highest BCUT2D eigenvalue weighted by Gasteiger charge is 2.09. The molecule has 0 aliphatic rings. The quantitative estimate of drug-likeness (QED) is 0.411. The largest absolute Gasteiger partial charge is 0.383 e. The minimum absolute atomic E-state index is 0.242. The van der Waals surface area contributed by atoms with Crippen LogP contribution >= 0.6 is 0 Å². The molecule has 3 rings (SSSR count). The number of amides is 1. The number of rotatable bonds is 8. The molecule has 0 bridgehead atoms. The topological polar surface area (TPSA) is 88.2 Å². The van der Waals surface area contributed by atoms with Crippen LogP contribution in [0.4, 0.5) is 17.5 Å². The Morgan fingerprint density at radius 1 is 1.18 bits per heavy atom. The number of nitrogens with one attached hydrogen (secondary N) is 3. The molecule has 0 aliphatic heterocycles. The normalized spacial score (nSPS) is 10.5. The summed E-state index contributed by atoms with van der Waals surface area (Å²) in [7, 11) is 3.49. The van der Waals surface area contributed by atoms with Crippen molar-refractivity contribution in [2.24, 2.45) is 0 Å². The molecular formula is C21H23N5O2. The lowest BCUT2D eigenvalue weighted by molar-refractivity contribution is -0.111. The van der Waals surface area contributed by atoms with Crippen molar-refractivity contribution in [1.82, 2.24) is 9.97 Å². The predicted octanol–water partition coefficient (Wildman–Crippen LogP) is 3.52. The van der Waals surface area contributed by atoms with Crippen LogP contribution in [0.15, 0.2) is 55.1 Å². The minimum atomic E-state index is -0.242. The fraction of sp³-hybridized carbons (Fsp3) is 0.190. The highest BCUT2D eigenvalue weighted by Crippen LogP contribution is 2.29. The number of benzene rings is 2. The maximum Gasteiger partial charge on any atom is 0.247 e. The zero-order valence-corrected chi connectivity index (χ0v) is 16.0. The monoisotopic (exact) mass is 377 g/mol. The van der Waals surface area contributed by atoms with Gasteiger partial charge >= 0.3 is 0 Å². The van der Waals surface area contributed by atoms with Crippen LogP contribution in [0.2, 0.25) is 0 Å². The number of hydrogen-bond donors (Lipinski definition) is 3. The van der Waals surface area contributed by atoms with Crippen LogP contribution in [-0.4, -0.2) is 43.2 Å². The van der Waals surface area contributed by atoms with Crippen molar-refractivity contribution in [2.75, 3.05) is 43.3 Å². The molecule has 0 aliphatic carbocycles. The Labute approximate surface area is 163 Å². The van der Waals surface area contributed by atoms with Gasteiger partial charge in [0.2, 0.25) is 11.9 Å². The number of anilines is 3. The first-order valence-corrected chi connectivity index (χ1v) is 8.91. The van der Waals surface area contributed by atoms with E-state index in [1.807, 2.05) is 49.5 Å². The van der Waals surface area contributed by atoms with E-state index in [0.717, 1.165) is 27.8 Å². The molecule has 144 valence electrons. The van der Waals surface area contributed by atoms with E-state index < -0.39 is 0 Å². The van der Waals surface area contributed by atoms with Crippen LogP contribution < -0.4 is 16.0 Å². The molecule has 1 aromatic heterocycles. The molecular weight excluding hydrogens is 354 g/mol. The Morgan fingerprint density at radius 2 is 2.00 bits per heavy atom. The van der Waals surface area contributed by atoms with E-state index >= 15 is 0 Å². The van der Waals surface area contributed by atoms with Crippen molar-refractivity contribution >= 4 is 34.3 Å². The summed E-state index contributed by atoms with van der Waals surface area (Å²) in [6.45, 7) is 4.67. The van der Waals surface area contributed by atoms with E-state index in [2.05, 4.69) is 32.5 Å². The van der Waals surface area contributed by atoms with Crippen molar-refractivity contribution in [3.05, 3.63) is 55.1 Å². The van der Waals surface area contributed by atoms with Crippen LogP contribution in [0.3, 0.4) is 0 Å². The van der Waals surface area contributed by atoms with Gasteiger partial charge in [-0.25, -0.2) is 4.98 Å². The number of carbonyl (C=O) groups excluding carboxylic acids is 1. The lowest BCUT2D eigenvalue weighted by atomic mass is 10.0. The number of methoxy groups -OCH3 is 1. The standard InChI is InChI=1S/C21H23N5O2/c1-4-19(27)24-16-7-5-6-14(12-16)15-8-9-17-18(13-15)25-21(23-10-11-28-3)26-20(17)22-2/h4-9,12-13H,1,10-11H2,2-3H3,(H,24,27)(H2,22,23,25,26). The Balaban J connectivity index is 1.97. The van der Waals surface area contributed by atoms with Crippen LogP contribution in [0.5, 0.6) is 0 Å². The van der Waals surface area contributed by atoms with Crippen molar-refractivity contribution in [2.45, 2.75) is 0 Å². The van der Waals surface area contributed by atoms with E-state index in [0.29, 0.717) is 24.8 Å². The molecule has 2 aromatic carbocycles. The summed E-state index contributed by atoms with van der Waals surface area (Å²) in [5.41, 5.74) is 3.49. The van der Waals surface area contributed by atoms with Crippen LogP contribution in [0.25, 0.3) is 22.0 Å². The van der Waals surface area contributed by atoms with Crippen LogP contribution in [-0.2, 0) is 9.53 Å². The average molecular weight is 377 g/mol. The van der Waals surface area contributed by atoms with Gasteiger partial charge in [0.05, 0.1) is 12.1 Å². The van der Waals surface area contributed by atoms with Gasteiger partial charge in [-0.15, -0.1) is 0 Å². The van der Waals surface area contributed by atoms with Gasteiger partial charge in [-0.1, -0.05) is 24.8 Å². The molecule has 0 saturated heterocycles. The minimum Gasteiger partial charge on any atom is -0.383 e. The lowest BCUT2D eigenvalue weighted by Gasteiger charge is -2.11. The van der Waals surface area contributed by atoms with Gasteiger partial charge in [0.15, 0.2) is 0 Å². The SMILES string of the molecule is C=CC(=O)Nc1cccc(-c2ccc3c(NC)nc(NCCOC)nc3c2)c1. The zero-order chi connectivity index (χ0) is 19.9. The second-order valence-electron chi connectivity index (χ2n) is 6.07. The van der Waals surface area contributed by atoms with Crippen molar-refractivity contribution in [3.63, 3.8) is 0 Å². The van der Waals surface area contributed by atoms with E-state index in [1.54, 1.807) is 7.11 Å². The molecule has 0 unspecified atom stereocenters. The number of aromatic nitrogens is 2. The van der Waals surface area contributed by atoms with Crippen molar-refractivity contribution in [3.8, 4) is 11.1 Å². The maximum atomic E-state index is 11.6. The number of nitrogens with zero attached hydrogens (tertiary/aromatic N) is 2. The van der Waals surface area contributed by atoms with Crippen molar-refractivity contribution < 1.29 is 9.53 Å². The van der Waals surface area contributed by atoms with Gasteiger partial charge < -0.3 is 20.7 Å². The first-order chi connectivity index (χ1) is 13.6. The third-order valence-corrected chi connectivity index (χ3v) is 4.17. The summed E-state index contributed by atoms with van der Waals surface area (Å²) >= 11 is 0. The van der Waals surface area contributed by atoms with Crippen LogP contribution in [0, 0.1) is 0 Å². The van der Waals surface area contributed by atoms with E-state index in [9.17, 15) is 4.79 Å². The summed E-state index contributed by atoms with van der Waals surface area (Å²) in [4.78, 5) is 20.7. The Hall–Kier alpha value is -3.45. The number of fused-ring (bicyclic) bond motifs is 1. The smallest absolute Gasteiger partial charge is 0.247 e. The van der Waals surface area contributed by atoms with Crippen LogP contribution in [0.1, 0.15) is 0 Å². The Bertz CT molecular complexity index is 1000. The third-order valence-electron chi connectivity index (χ3n) is 4.17. The van der Waals surface area contributed by atoms with E-state index in [1.165, 1.54) is 6.08 Å². The molecule has 0 spiro atoms. The molecule has 0 atom stereocenters. The fourth-order valence-corrected chi connectivity index (χ4v) is 2.81. The van der Waals surface area contributed by atoms with Gasteiger partial charge in [-0.05, 0) is 41.5 Å². The summed E-state index contributed by atoms with van der Waals surface area (Å²) < 4.78 is 5.06. The zero-order valence-electron chi connectivity index (χ0n) is 16.0. The molecule has 1 heterocycles. The van der Waals surface area contributed by atoms with Gasteiger partial charge in [-0.2, -0.15) is 4.98 Å². The van der Waals surface area contributed by atoms with E-state index in [4.69, 9.17) is 4.74 Å². The molecule has 28 heavy (non-hydrogen) atoms. The molecule has 0 radical (unpaired) electrons. The number of ether oxygens (including phenoxy) is 1. The Morgan fingerprint density at radius 3 is 2.75 bits per heavy atom. The average Bonchev–Trinajstić information content (AvgIpc) is 2.73. The summed E-state index contributed by atoms with van der Waals surface area (Å²) in [5.74, 6) is 1.05. The highest BCUT2D eigenvalue weighted by molar-refractivity contribution is 5.99. The van der Waals surface area contributed by atoms with Gasteiger partial charge in [0.25, 0.3) is 0 Å². The first-order valence-electron chi connectivity index (χ1n) is 8.91. The van der Waals surface area contributed by atoms with Crippen molar-refractivity contribution in [1.29, 1.82) is 0 Å². The lowest BCUT2D eigenvalue weighted by Crippen LogP contribution is -2.11. The Kier molecular flexibility index (Phi) is 6.18. The second-order valence-corrected chi connectivity index (χ2v) is 6.07. The molecule has 0 saturated carbocycles.